The van der Waals surface area contributed by atoms with E-state index < -0.39 is 29.4 Å². The lowest BCUT2D eigenvalue weighted by molar-refractivity contribution is -0.135. The number of oxazole rings is 1. The van der Waals surface area contributed by atoms with Gasteiger partial charge in [-0.3, -0.25) is 9.36 Å². The number of β-amino-alcohol motifs (C(OH)–C–C–N with tert-alkyl or cyclic N) is 1. The van der Waals surface area contributed by atoms with Gasteiger partial charge in [0, 0.05) is 44.6 Å². The molecule has 38 heavy (non-hydrogen) atoms. The topological polar surface area (TPSA) is 142 Å². The van der Waals surface area contributed by atoms with Crippen LogP contribution >= 0.6 is 11.3 Å². The Kier molecular flexibility index (Phi) is 7.40. The molecule has 2 aromatic carbocycles. The van der Waals surface area contributed by atoms with Gasteiger partial charge in [-0.25, -0.2) is 9.78 Å². The Morgan fingerprint density at radius 2 is 2.13 bits per heavy atom. The monoisotopic (exact) mass is 533 g/mol. The summed E-state index contributed by atoms with van der Waals surface area (Å²) >= 11 is 1.46. The normalized spacial score (nSPS) is 20.5. The number of ether oxygens (including phenoxy) is 1. The van der Waals surface area contributed by atoms with Crippen LogP contribution < -0.4 is 16.4 Å². The molecule has 1 aliphatic rings. The van der Waals surface area contributed by atoms with Crippen LogP contribution in [0, 0.1) is 11.3 Å². The van der Waals surface area contributed by atoms with Gasteiger partial charge in [-0.05, 0) is 28.8 Å². The second kappa shape index (κ2) is 10.9. The van der Waals surface area contributed by atoms with Crippen molar-refractivity contribution >= 4 is 28.3 Å². The summed E-state index contributed by atoms with van der Waals surface area (Å²) in [4.78, 5) is 28.8. The first kappa shape index (κ1) is 25.8. The number of hydrogen-bond acceptors (Lipinski definition) is 9. The number of aryl methyl sites for hydroxylation is 1. The molecular formula is C27H27N5O5S. The molecule has 3 heterocycles. The molecule has 3 atom stereocenters. The highest BCUT2D eigenvalue weighted by Crippen LogP contribution is 2.25. The van der Waals surface area contributed by atoms with E-state index in [1.165, 1.54) is 15.9 Å². The standard InChI is InChI=1S/C27H27N5O5S/c1-32-21-11-19(6-7-22(21)37-26(32)34)18-4-2-17(3-5-18)10-20(13-28)31-25(33)23-14-29-15-27(35,16-36-23)12-24-30-8-9-38-24/h2-9,11,20,23,29,35H,10,12,14-16H2,1H3,(H,31,33)/t20-,23-,27?/m0/s1. The van der Waals surface area contributed by atoms with Crippen LogP contribution in [0.4, 0.5) is 0 Å². The van der Waals surface area contributed by atoms with Gasteiger partial charge in [-0.15, -0.1) is 11.3 Å². The van der Waals surface area contributed by atoms with Gasteiger partial charge in [0.1, 0.15) is 17.7 Å². The van der Waals surface area contributed by atoms with Gasteiger partial charge < -0.3 is 24.9 Å². The molecule has 1 unspecified atom stereocenters. The first-order chi connectivity index (χ1) is 18.3. The number of thiazole rings is 1. The van der Waals surface area contributed by atoms with Gasteiger partial charge in [0.15, 0.2) is 5.58 Å². The Labute approximate surface area is 222 Å². The number of aromatic nitrogens is 2. The molecule has 2 aromatic heterocycles. The van der Waals surface area contributed by atoms with E-state index in [2.05, 4.69) is 21.7 Å². The molecule has 196 valence electrons. The highest BCUT2D eigenvalue weighted by atomic mass is 32.1. The summed E-state index contributed by atoms with van der Waals surface area (Å²) in [5, 5.41) is 29.1. The van der Waals surface area contributed by atoms with Gasteiger partial charge in [-0.1, -0.05) is 30.3 Å². The fraction of sp³-hybridized carbons (Fsp3) is 0.333. The van der Waals surface area contributed by atoms with Crippen molar-refractivity contribution in [2.75, 3.05) is 19.7 Å². The molecule has 0 bridgehead atoms. The summed E-state index contributed by atoms with van der Waals surface area (Å²) < 4.78 is 12.4. The number of aliphatic hydroxyl groups is 1. The fourth-order valence-electron chi connectivity index (χ4n) is 4.47. The average Bonchev–Trinajstić information content (AvgIpc) is 3.46. The molecule has 1 amide bonds. The molecule has 10 nitrogen and oxygen atoms in total. The maximum absolute atomic E-state index is 12.9. The Balaban J connectivity index is 1.19. The molecule has 11 heteroatoms. The average molecular weight is 534 g/mol. The molecule has 1 aliphatic heterocycles. The molecule has 0 saturated carbocycles. The third-order valence-electron chi connectivity index (χ3n) is 6.58. The largest absolute Gasteiger partial charge is 0.419 e. The van der Waals surface area contributed by atoms with Gasteiger partial charge >= 0.3 is 5.76 Å². The van der Waals surface area contributed by atoms with E-state index in [9.17, 15) is 20.0 Å². The summed E-state index contributed by atoms with van der Waals surface area (Å²) in [5.74, 6) is -0.813. The lowest BCUT2D eigenvalue weighted by Gasteiger charge is -2.25. The minimum absolute atomic E-state index is 0.0187. The Morgan fingerprint density at radius 1 is 1.34 bits per heavy atom. The zero-order valence-corrected chi connectivity index (χ0v) is 21.5. The summed E-state index contributed by atoms with van der Waals surface area (Å²) in [7, 11) is 1.66. The maximum Gasteiger partial charge on any atom is 0.419 e. The van der Waals surface area contributed by atoms with Crippen molar-refractivity contribution in [1.29, 1.82) is 5.26 Å². The Bertz CT molecular complexity index is 1520. The van der Waals surface area contributed by atoms with E-state index in [0.29, 0.717) is 23.9 Å². The van der Waals surface area contributed by atoms with Gasteiger partial charge in [0.25, 0.3) is 5.91 Å². The minimum atomic E-state index is -1.17. The zero-order valence-electron chi connectivity index (χ0n) is 20.7. The molecule has 0 radical (unpaired) electrons. The number of amides is 1. The number of carbonyl (C=O) groups excluding carboxylic acids is 1. The van der Waals surface area contributed by atoms with Gasteiger partial charge in [0.2, 0.25) is 0 Å². The molecule has 5 rings (SSSR count). The van der Waals surface area contributed by atoms with E-state index in [4.69, 9.17) is 9.15 Å². The van der Waals surface area contributed by atoms with Crippen molar-refractivity contribution in [3.05, 3.63) is 75.2 Å². The third kappa shape index (κ3) is 5.69. The predicted molar refractivity (Wildman–Crippen MR) is 142 cm³/mol. The number of benzene rings is 2. The smallest absolute Gasteiger partial charge is 0.408 e. The Morgan fingerprint density at radius 3 is 2.87 bits per heavy atom. The molecule has 0 aliphatic carbocycles. The molecule has 4 aromatic rings. The number of fused-ring (bicyclic) bond motifs is 1. The highest BCUT2D eigenvalue weighted by molar-refractivity contribution is 7.09. The van der Waals surface area contributed by atoms with Crippen LogP contribution in [0.3, 0.4) is 0 Å². The predicted octanol–water partition coefficient (Wildman–Crippen LogP) is 1.77. The quantitative estimate of drug-likeness (QED) is 0.326. The number of carbonyl (C=O) groups is 1. The highest BCUT2D eigenvalue weighted by Gasteiger charge is 2.35. The molecule has 1 fully saturated rings. The van der Waals surface area contributed by atoms with E-state index in [0.717, 1.165) is 21.7 Å². The summed E-state index contributed by atoms with van der Waals surface area (Å²) in [6.07, 6.45) is 1.51. The lowest BCUT2D eigenvalue weighted by atomic mass is 10.0. The van der Waals surface area contributed by atoms with Crippen LogP contribution in [0.1, 0.15) is 10.6 Å². The first-order valence-electron chi connectivity index (χ1n) is 12.2. The van der Waals surface area contributed by atoms with Crippen LogP contribution in [0.15, 0.2) is 63.3 Å². The van der Waals surface area contributed by atoms with E-state index in [1.54, 1.807) is 19.3 Å². The first-order valence-corrected chi connectivity index (χ1v) is 13.0. The van der Waals surface area contributed by atoms with Crippen molar-refractivity contribution in [2.45, 2.75) is 30.6 Å². The molecular weight excluding hydrogens is 506 g/mol. The second-order valence-corrected chi connectivity index (χ2v) is 10.4. The fourth-order valence-corrected chi connectivity index (χ4v) is 5.23. The number of nitrogens with one attached hydrogen (secondary N) is 2. The van der Waals surface area contributed by atoms with Crippen LogP contribution in [0.2, 0.25) is 0 Å². The van der Waals surface area contributed by atoms with Crippen LogP contribution in [-0.2, 0) is 29.4 Å². The summed E-state index contributed by atoms with van der Waals surface area (Å²) in [6.45, 7) is 0.481. The number of nitrogens with zero attached hydrogens (tertiary/aromatic N) is 3. The van der Waals surface area contributed by atoms with Crippen molar-refractivity contribution in [3.8, 4) is 17.2 Å². The third-order valence-corrected chi connectivity index (χ3v) is 7.36. The van der Waals surface area contributed by atoms with Crippen LogP contribution in [0.25, 0.3) is 22.2 Å². The van der Waals surface area contributed by atoms with Crippen molar-refractivity contribution in [1.82, 2.24) is 20.2 Å². The van der Waals surface area contributed by atoms with Crippen molar-refractivity contribution in [2.24, 2.45) is 7.05 Å². The van der Waals surface area contributed by atoms with E-state index in [1.807, 2.05) is 41.8 Å². The number of nitriles is 1. The molecule has 0 spiro atoms. The number of rotatable bonds is 7. The van der Waals surface area contributed by atoms with Crippen LogP contribution in [0.5, 0.6) is 0 Å². The van der Waals surface area contributed by atoms with Gasteiger partial charge in [0.05, 0.1) is 23.2 Å². The zero-order chi connectivity index (χ0) is 26.7. The minimum Gasteiger partial charge on any atom is -0.408 e. The number of hydrogen-bond donors (Lipinski definition) is 3. The van der Waals surface area contributed by atoms with Gasteiger partial charge in [-0.2, -0.15) is 5.26 Å². The van der Waals surface area contributed by atoms with Crippen molar-refractivity contribution < 1.29 is 19.1 Å². The summed E-state index contributed by atoms with van der Waals surface area (Å²) in [5.41, 5.74) is 2.84. The summed E-state index contributed by atoms with van der Waals surface area (Å²) in [6, 6.07) is 14.7. The SMILES string of the molecule is Cn1c(=O)oc2ccc(-c3ccc(C[C@@H](C#N)NC(=O)[C@@H]4CNCC(O)(Cc5nccs5)CO4)cc3)cc21. The lowest BCUT2D eigenvalue weighted by Crippen LogP contribution is -2.46. The van der Waals surface area contributed by atoms with Crippen molar-refractivity contribution in [3.63, 3.8) is 0 Å². The van der Waals surface area contributed by atoms with Crippen LogP contribution in [-0.4, -0.2) is 58.0 Å². The molecule has 3 N–H and O–H groups in total. The van der Waals surface area contributed by atoms with E-state index in [-0.39, 0.29) is 19.7 Å². The maximum atomic E-state index is 12.9. The Hall–Kier alpha value is -3.82. The second-order valence-electron chi connectivity index (χ2n) is 9.46. The van der Waals surface area contributed by atoms with E-state index >= 15 is 0 Å². The molecule has 1 saturated heterocycles.